The van der Waals surface area contributed by atoms with Crippen LogP contribution in [0.25, 0.3) is 11.0 Å². The van der Waals surface area contributed by atoms with Crippen LogP contribution in [0.4, 0.5) is 0 Å². The van der Waals surface area contributed by atoms with E-state index in [0.717, 1.165) is 29.7 Å². The van der Waals surface area contributed by atoms with Crippen molar-refractivity contribution in [2.24, 2.45) is 0 Å². The third-order valence-electron chi connectivity index (χ3n) is 3.34. The number of fused-ring (bicyclic) bond motifs is 1. The van der Waals surface area contributed by atoms with Gasteiger partial charge in [0.05, 0.1) is 11.0 Å². The van der Waals surface area contributed by atoms with E-state index in [1.807, 2.05) is 18.2 Å². The second-order valence-corrected chi connectivity index (χ2v) is 6.12. The summed E-state index contributed by atoms with van der Waals surface area (Å²) < 4.78 is 2.27. The van der Waals surface area contributed by atoms with Crippen LogP contribution in [0.5, 0.6) is 0 Å². The normalized spacial score (nSPS) is 11.9. The predicted molar refractivity (Wildman–Crippen MR) is 79.9 cm³/mol. The van der Waals surface area contributed by atoms with Crippen molar-refractivity contribution in [3.8, 4) is 0 Å². The number of rotatable bonds is 5. The molecule has 4 heteroatoms. The lowest BCUT2D eigenvalue weighted by molar-refractivity contribution is -0.137. The van der Waals surface area contributed by atoms with Crippen LogP contribution in [0.15, 0.2) is 24.3 Å². The number of hydrogen-bond acceptors (Lipinski definition) is 2. The number of aromatic nitrogens is 2. The molecule has 0 aliphatic heterocycles. The van der Waals surface area contributed by atoms with E-state index in [1.54, 1.807) is 0 Å². The molecular formula is C16H22N2O2. The van der Waals surface area contributed by atoms with Crippen molar-refractivity contribution in [1.82, 2.24) is 9.55 Å². The molecule has 0 atom stereocenters. The molecule has 0 radical (unpaired) electrons. The fourth-order valence-corrected chi connectivity index (χ4v) is 2.55. The SMILES string of the molecule is CC(C)(C)n1c(CCCCC(=O)O)nc2ccccc21. The van der Waals surface area contributed by atoms with Crippen molar-refractivity contribution in [2.75, 3.05) is 0 Å². The average molecular weight is 274 g/mol. The van der Waals surface area contributed by atoms with Gasteiger partial charge in [-0.15, -0.1) is 0 Å². The van der Waals surface area contributed by atoms with Gasteiger partial charge in [0.25, 0.3) is 0 Å². The minimum atomic E-state index is -0.727. The van der Waals surface area contributed by atoms with Crippen molar-refractivity contribution in [1.29, 1.82) is 0 Å². The van der Waals surface area contributed by atoms with Gasteiger partial charge in [-0.25, -0.2) is 4.98 Å². The lowest BCUT2D eigenvalue weighted by atomic mass is 10.1. The highest BCUT2D eigenvalue weighted by molar-refractivity contribution is 5.76. The second-order valence-electron chi connectivity index (χ2n) is 6.12. The summed E-state index contributed by atoms with van der Waals surface area (Å²) in [7, 11) is 0. The zero-order chi connectivity index (χ0) is 14.8. The molecule has 20 heavy (non-hydrogen) atoms. The van der Waals surface area contributed by atoms with Crippen molar-refractivity contribution in [3.63, 3.8) is 0 Å². The first-order chi connectivity index (χ1) is 9.39. The molecule has 0 aliphatic rings. The smallest absolute Gasteiger partial charge is 0.303 e. The first-order valence-electron chi connectivity index (χ1n) is 7.08. The number of nitrogens with zero attached hydrogens (tertiary/aromatic N) is 2. The molecule has 0 bridgehead atoms. The van der Waals surface area contributed by atoms with Crippen LogP contribution in [0.1, 0.15) is 45.9 Å². The molecule has 0 spiro atoms. The molecule has 1 N–H and O–H groups in total. The lowest BCUT2D eigenvalue weighted by Crippen LogP contribution is -2.24. The number of unbranched alkanes of at least 4 members (excludes halogenated alkanes) is 1. The first-order valence-corrected chi connectivity index (χ1v) is 7.08. The Bertz CT molecular complexity index is 608. The Balaban J connectivity index is 2.25. The van der Waals surface area contributed by atoms with E-state index in [0.29, 0.717) is 6.42 Å². The Morgan fingerprint density at radius 3 is 2.60 bits per heavy atom. The van der Waals surface area contributed by atoms with Crippen LogP contribution in [0.2, 0.25) is 0 Å². The Morgan fingerprint density at radius 1 is 1.25 bits per heavy atom. The fourth-order valence-electron chi connectivity index (χ4n) is 2.55. The maximum absolute atomic E-state index is 10.6. The number of carbonyl (C=O) groups is 1. The molecule has 4 nitrogen and oxygen atoms in total. The average Bonchev–Trinajstić information content (AvgIpc) is 2.72. The van der Waals surface area contributed by atoms with Gasteiger partial charge in [0.15, 0.2) is 0 Å². The Morgan fingerprint density at radius 2 is 1.95 bits per heavy atom. The van der Waals surface area contributed by atoms with Crippen LogP contribution < -0.4 is 0 Å². The van der Waals surface area contributed by atoms with Crippen LogP contribution in [-0.2, 0) is 16.8 Å². The summed E-state index contributed by atoms with van der Waals surface area (Å²) in [6.07, 6.45) is 2.60. The Kier molecular flexibility index (Phi) is 4.12. The monoisotopic (exact) mass is 274 g/mol. The number of imidazole rings is 1. The van der Waals surface area contributed by atoms with Crippen molar-refractivity contribution < 1.29 is 9.90 Å². The molecule has 0 unspecified atom stereocenters. The van der Waals surface area contributed by atoms with Crippen LogP contribution in [0, 0.1) is 0 Å². The van der Waals surface area contributed by atoms with Crippen molar-refractivity contribution in [2.45, 2.75) is 52.0 Å². The van der Waals surface area contributed by atoms with Crippen LogP contribution in [-0.4, -0.2) is 20.6 Å². The standard InChI is InChI=1S/C16H22N2O2/c1-16(2,3)18-13-9-5-4-8-12(13)17-14(18)10-6-7-11-15(19)20/h4-5,8-9H,6-7,10-11H2,1-3H3,(H,19,20). The van der Waals surface area contributed by atoms with E-state index in [1.165, 1.54) is 0 Å². The van der Waals surface area contributed by atoms with Crippen LogP contribution >= 0.6 is 0 Å². The summed E-state index contributed by atoms with van der Waals surface area (Å²) in [5.74, 6) is 0.318. The highest BCUT2D eigenvalue weighted by Gasteiger charge is 2.20. The molecule has 1 aromatic heterocycles. The van der Waals surface area contributed by atoms with E-state index < -0.39 is 5.97 Å². The van der Waals surface area contributed by atoms with E-state index in [-0.39, 0.29) is 12.0 Å². The Hall–Kier alpha value is -1.84. The van der Waals surface area contributed by atoms with Gasteiger partial charge in [0.2, 0.25) is 0 Å². The molecule has 2 aromatic rings. The van der Waals surface area contributed by atoms with E-state index in [4.69, 9.17) is 10.1 Å². The minimum Gasteiger partial charge on any atom is -0.481 e. The van der Waals surface area contributed by atoms with Gasteiger partial charge in [0, 0.05) is 18.4 Å². The highest BCUT2D eigenvalue weighted by atomic mass is 16.4. The molecular weight excluding hydrogens is 252 g/mol. The molecule has 1 aromatic carbocycles. The predicted octanol–water partition coefficient (Wildman–Crippen LogP) is 3.59. The molecule has 0 saturated heterocycles. The van der Waals surface area contributed by atoms with E-state index in [2.05, 4.69) is 31.4 Å². The summed E-state index contributed by atoms with van der Waals surface area (Å²) in [6, 6.07) is 8.14. The summed E-state index contributed by atoms with van der Waals surface area (Å²) in [6.45, 7) is 6.51. The molecule has 0 fully saturated rings. The topological polar surface area (TPSA) is 55.1 Å². The number of hydrogen-bond donors (Lipinski definition) is 1. The van der Waals surface area contributed by atoms with Crippen LogP contribution in [0.3, 0.4) is 0 Å². The first kappa shape index (κ1) is 14.6. The summed E-state index contributed by atoms with van der Waals surface area (Å²) in [5.41, 5.74) is 2.13. The maximum Gasteiger partial charge on any atom is 0.303 e. The van der Waals surface area contributed by atoms with E-state index in [9.17, 15) is 4.79 Å². The fraction of sp³-hybridized carbons (Fsp3) is 0.500. The Labute approximate surface area is 119 Å². The molecule has 1 heterocycles. The van der Waals surface area contributed by atoms with Gasteiger partial charge in [-0.3, -0.25) is 4.79 Å². The lowest BCUT2D eigenvalue weighted by Gasteiger charge is -2.24. The maximum atomic E-state index is 10.6. The summed E-state index contributed by atoms with van der Waals surface area (Å²) in [5, 5.41) is 8.69. The zero-order valence-electron chi connectivity index (χ0n) is 12.4. The van der Waals surface area contributed by atoms with Gasteiger partial charge >= 0.3 is 5.97 Å². The zero-order valence-corrected chi connectivity index (χ0v) is 12.4. The van der Waals surface area contributed by atoms with Gasteiger partial charge < -0.3 is 9.67 Å². The summed E-state index contributed by atoms with van der Waals surface area (Å²) >= 11 is 0. The highest BCUT2D eigenvalue weighted by Crippen LogP contribution is 2.25. The largest absolute Gasteiger partial charge is 0.481 e. The molecule has 0 saturated carbocycles. The quantitative estimate of drug-likeness (QED) is 0.848. The van der Waals surface area contributed by atoms with Gasteiger partial charge in [-0.05, 0) is 45.7 Å². The van der Waals surface area contributed by atoms with Crippen molar-refractivity contribution >= 4 is 17.0 Å². The number of carboxylic acids is 1. The molecule has 0 aliphatic carbocycles. The molecule has 0 amide bonds. The van der Waals surface area contributed by atoms with Gasteiger partial charge in [-0.2, -0.15) is 0 Å². The van der Waals surface area contributed by atoms with Crippen molar-refractivity contribution in [3.05, 3.63) is 30.1 Å². The number of aliphatic carboxylic acids is 1. The number of para-hydroxylation sites is 2. The number of benzene rings is 1. The minimum absolute atomic E-state index is 0.0295. The second kappa shape index (κ2) is 5.65. The number of aryl methyl sites for hydroxylation is 1. The molecule has 108 valence electrons. The number of carboxylic acid groups (broad SMARTS) is 1. The third-order valence-corrected chi connectivity index (χ3v) is 3.34. The molecule has 2 rings (SSSR count). The summed E-state index contributed by atoms with van der Waals surface area (Å²) in [4.78, 5) is 15.3. The third kappa shape index (κ3) is 3.18. The van der Waals surface area contributed by atoms with Gasteiger partial charge in [-0.1, -0.05) is 12.1 Å². The van der Waals surface area contributed by atoms with E-state index >= 15 is 0 Å². The van der Waals surface area contributed by atoms with Gasteiger partial charge in [0.1, 0.15) is 5.82 Å².